The Morgan fingerprint density at radius 1 is 1.29 bits per heavy atom. The molecule has 21 heavy (non-hydrogen) atoms. The summed E-state index contributed by atoms with van der Waals surface area (Å²) in [6, 6.07) is 5.17. The van der Waals surface area contributed by atoms with Crippen molar-refractivity contribution in [3.05, 3.63) is 24.4 Å². The van der Waals surface area contributed by atoms with Crippen LogP contribution in [-0.2, 0) is 14.3 Å². The first-order valence-corrected chi connectivity index (χ1v) is 10.2. The van der Waals surface area contributed by atoms with Crippen molar-refractivity contribution in [1.29, 1.82) is 0 Å². The summed E-state index contributed by atoms with van der Waals surface area (Å²) < 4.78 is 19.6. The number of hydrogen-bond acceptors (Lipinski definition) is 5. The van der Waals surface area contributed by atoms with Crippen LogP contribution >= 0.6 is 4.06 Å². The van der Waals surface area contributed by atoms with E-state index in [1.807, 2.05) is 0 Å². The second-order valence-corrected chi connectivity index (χ2v) is 8.29. The number of aromatic nitrogens is 1. The first-order chi connectivity index (χ1) is 10.1. The van der Waals surface area contributed by atoms with E-state index >= 15 is 0 Å². The zero-order valence-corrected chi connectivity index (χ0v) is 14.0. The van der Waals surface area contributed by atoms with Gasteiger partial charge in [0.1, 0.15) is 0 Å². The number of ether oxygens (including phenoxy) is 1. The van der Waals surface area contributed by atoms with E-state index < -0.39 is 53.8 Å². The fourth-order valence-electron chi connectivity index (χ4n) is 3.20. The first kappa shape index (κ1) is 15.8. The summed E-state index contributed by atoms with van der Waals surface area (Å²) in [7, 11) is 1.36. The van der Waals surface area contributed by atoms with Gasteiger partial charge in [-0.2, -0.15) is 0 Å². The van der Waals surface area contributed by atoms with E-state index in [2.05, 4.69) is 0 Å². The Morgan fingerprint density at radius 2 is 1.95 bits per heavy atom. The second-order valence-electron chi connectivity index (χ2n) is 5.45. The normalized spacial score (nSPS) is 29.2. The molecule has 114 valence electrons. The summed E-state index contributed by atoms with van der Waals surface area (Å²) in [6.45, 7) is 0. The minimum atomic E-state index is -1.34. The molecule has 4 rings (SSSR count). The van der Waals surface area contributed by atoms with Crippen LogP contribution in [0, 0.1) is 53.8 Å². The molecule has 1 aromatic rings. The van der Waals surface area contributed by atoms with E-state index in [1.54, 1.807) is 24.4 Å². The van der Waals surface area contributed by atoms with Crippen molar-refractivity contribution < 1.29 is 66.9 Å². The van der Waals surface area contributed by atoms with Crippen molar-refractivity contribution in [2.45, 2.75) is 24.3 Å². The molecule has 0 aromatic carbocycles. The van der Waals surface area contributed by atoms with Crippen molar-refractivity contribution in [1.82, 2.24) is 0 Å². The molecule has 0 unspecified atom stereocenters. The molecule has 0 atom stereocenters. The fourth-order valence-corrected chi connectivity index (χ4v) is 4.98. The van der Waals surface area contributed by atoms with Crippen LogP contribution in [0.4, 0.5) is 0.0835 Å². The SMILES string of the molecule is COC(=O)C12CC(C(=O)O[n+]3ccccc3S[Xe]F)(C1)C2. The van der Waals surface area contributed by atoms with Crippen LogP contribution < -0.4 is 9.57 Å². The quantitative estimate of drug-likeness (QED) is 0.521. The number of halogens is 1. The predicted molar refractivity (Wildman–Crippen MR) is 65.9 cm³/mol. The Hall–Kier alpha value is -0.0586. The van der Waals surface area contributed by atoms with Crippen molar-refractivity contribution in [2.75, 3.05) is 7.11 Å². The van der Waals surface area contributed by atoms with E-state index in [4.69, 9.17) is 9.57 Å². The molecule has 3 fully saturated rings. The fraction of sp³-hybridized carbons (Fsp3) is 0.462. The van der Waals surface area contributed by atoms with Gasteiger partial charge in [0.15, 0.2) is 0 Å². The molecule has 3 saturated carbocycles. The Morgan fingerprint density at radius 3 is 2.57 bits per heavy atom. The number of carbonyl (C=O) groups is 2. The molecule has 1 aromatic heterocycles. The van der Waals surface area contributed by atoms with E-state index in [-0.39, 0.29) is 11.9 Å². The van der Waals surface area contributed by atoms with Gasteiger partial charge in [-0.25, -0.2) is 0 Å². The molecule has 8 heteroatoms. The molecule has 3 aliphatic rings. The van der Waals surface area contributed by atoms with Gasteiger partial charge in [0.05, 0.1) is 0 Å². The third-order valence-corrected chi connectivity index (χ3v) is 6.40. The second kappa shape index (κ2) is 5.86. The van der Waals surface area contributed by atoms with Crippen LogP contribution in [0.3, 0.4) is 0 Å². The summed E-state index contributed by atoms with van der Waals surface area (Å²) in [5.41, 5.74) is -1.04. The monoisotopic (exact) mass is 430 g/mol. The molecule has 0 spiro atoms. The molecule has 0 radical (unpaired) electrons. The molecule has 5 nitrogen and oxygen atoms in total. The standard InChI is InChI=1S/C13H13FNO4SXe/c1-18-10(16)12-6-13(7-12,8-12)11(17)19-15-5-3-2-4-9(15)20-21-14/h2-5H,6-8H2,1H3/q+1. The summed E-state index contributed by atoms with van der Waals surface area (Å²) in [5, 5.41) is 0.556. The van der Waals surface area contributed by atoms with E-state index in [1.165, 1.54) is 11.8 Å². The van der Waals surface area contributed by atoms with Gasteiger partial charge in [-0.05, 0) is 0 Å². The maximum atomic E-state index is 12.5. The molecule has 3 aliphatic carbocycles. The van der Waals surface area contributed by atoms with Crippen LogP contribution in [0.2, 0.25) is 0 Å². The molecule has 0 aliphatic heterocycles. The van der Waals surface area contributed by atoms with Gasteiger partial charge in [0.2, 0.25) is 0 Å². The topological polar surface area (TPSA) is 56.5 Å². The Kier molecular flexibility index (Phi) is 4.42. The van der Waals surface area contributed by atoms with Crippen molar-refractivity contribution >= 4 is 16.0 Å². The first-order valence-electron chi connectivity index (χ1n) is 6.28. The average Bonchev–Trinajstić information content (AvgIpc) is 2.38. The number of methoxy groups -OCH3 is 1. The molecule has 0 saturated heterocycles. The number of hydrogen-bond donors (Lipinski definition) is 0. The van der Waals surface area contributed by atoms with E-state index in [0.717, 1.165) is 4.06 Å². The molecule has 0 N–H and O–H groups in total. The van der Waals surface area contributed by atoms with Gasteiger partial charge >= 0.3 is 150 Å². The van der Waals surface area contributed by atoms with Crippen molar-refractivity contribution in [3.63, 3.8) is 0 Å². The van der Waals surface area contributed by atoms with E-state index in [0.29, 0.717) is 24.3 Å². The van der Waals surface area contributed by atoms with E-state index in [9.17, 15) is 9.67 Å². The number of rotatable bonds is 5. The number of esters is 1. The van der Waals surface area contributed by atoms with Gasteiger partial charge in [-0.1, -0.05) is 0 Å². The number of carbonyl (C=O) groups excluding carboxylic acids is 2. The Balaban J connectivity index is 1.66. The summed E-state index contributed by atoms with van der Waals surface area (Å²) in [4.78, 5) is 29.2. The van der Waals surface area contributed by atoms with Crippen LogP contribution in [-0.4, -0.2) is 19.0 Å². The van der Waals surface area contributed by atoms with Crippen LogP contribution in [0.25, 0.3) is 0 Å². The van der Waals surface area contributed by atoms with Crippen LogP contribution in [0.15, 0.2) is 29.4 Å². The molecule has 0 amide bonds. The van der Waals surface area contributed by atoms with Gasteiger partial charge in [0, 0.05) is 0 Å². The number of nitrogens with zero attached hydrogens (tertiary/aromatic N) is 1. The van der Waals surface area contributed by atoms with Crippen LogP contribution in [0.1, 0.15) is 19.3 Å². The molecule has 1 heterocycles. The molecular weight excluding hydrogens is 417 g/mol. The zero-order valence-electron chi connectivity index (χ0n) is 11.2. The molecular formula is C13H13FNO4SXe+. The third kappa shape index (κ3) is 2.57. The summed E-state index contributed by atoms with van der Waals surface area (Å²) in [6.07, 6.45) is 3.03. The van der Waals surface area contributed by atoms with Crippen LogP contribution in [0.5, 0.6) is 0 Å². The van der Waals surface area contributed by atoms with Gasteiger partial charge in [-0.15, -0.1) is 0 Å². The Labute approximate surface area is 148 Å². The predicted octanol–water partition coefficient (Wildman–Crippen LogP) is 1.25. The molecule has 2 bridgehead atoms. The maximum absolute atomic E-state index is 12.5. The van der Waals surface area contributed by atoms with Gasteiger partial charge in [0.25, 0.3) is 0 Å². The number of pyridine rings is 1. The average molecular weight is 430 g/mol. The van der Waals surface area contributed by atoms with Crippen molar-refractivity contribution in [3.8, 4) is 0 Å². The summed E-state index contributed by atoms with van der Waals surface area (Å²) in [5.74, 6) is -0.608. The van der Waals surface area contributed by atoms with Gasteiger partial charge in [-0.3, -0.25) is 0 Å². The van der Waals surface area contributed by atoms with Crippen molar-refractivity contribution in [2.24, 2.45) is 10.8 Å². The Bertz CT molecular complexity index is 592. The van der Waals surface area contributed by atoms with Gasteiger partial charge < -0.3 is 0 Å². The third-order valence-electron chi connectivity index (χ3n) is 4.15. The zero-order chi connectivity index (χ0) is 15.1. The minimum absolute atomic E-state index is 0.248. The summed E-state index contributed by atoms with van der Waals surface area (Å²) >= 11 is -1.34.